The van der Waals surface area contributed by atoms with Crippen molar-refractivity contribution in [2.24, 2.45) is 13.0 Å². The van der Waals surface area contributed by atoms with Crippen LogP contribution in [0.2, 0.25) is 5.02 Å². The van der Waals surface area contributed by atoms with E-state index in [1.54, 1.807) is 17.8 Å². The summed E-state index contributed by atoms with van der Waals surface area (Å²) in [5.41, 5.74) is 0.363. The Balaban J connectivity index is 2.03. The van der Waals surface area contributed by atoms with Crippen LogP contribution >= 0.6 is 11.6 Å². The zero-order valence-corrected chi connectivity index (χ0v) is 10.8. The van der Waals surface area contributed by atoms with Gasteiger partial charge in [-0.15, -0.1) is 0 Å². The van der Waals surface area contributed by atoms with E-state index in [0.29, 0.717) is 23.1 Å². The van der Waals surface area contributed by atoms with Gasteiger partial charge < -0.3 is 15.0 Å². The number of carboxylic acids is 1. The van der Waals surface area contributed by atoms with Gasteiger partial charge in [0.1, 0.15) is 11.7 Å². The number of carboxylic acid groups (broad SMARTS) is 1. The smallest absolute Gasteiger partial charge is 0.326 e. The monoisotopic (exact) mass is 270 g/mol. The maximum Gasteiger partial charge on any atom is 0.326 e. The van der Waals surface area contributed by atoms with E-state index in [2.05, 4.69) is 5.32 Å². The molecular weight excluding hydrogens is 256 g/mol. The molecule has 0 saturated heterocycles. The largest absolute Gasteiger partial charge is 0.480 e. The third-order valence-electron chi connectivity index (χ3n) is 3.07. The molecule has 1 aromatic heterocycles. The molecule has 0 radical (unpaired) electrons. The van der Waals surface area contributed by atoms with E-state index >= 15 is 0 Å². The minimum atomic E-state index is -0.990. The molecule has 0 aliphatic heterocycles. The molecule has 1 saturated carbocycles. The van der Waals surface area contributed by atoms with Crippen molar-refractivity contribution < 1.29 is 14.7 Å². The highest BCUT2D eigenvalue weighted by atomic mass is 35.5. The topological polar surface area (TPSA) is 71.3 Å². The van der Waals surface area contributed by atoms with Crippen LogP contribution in [0.5, 0.6) is 0 Å². The van der Waals surface area contributed by atoms with Crippen molar-refractivity contribution in [3.63, 3.8) is 0 Å². The Bertz CT molecular complexity index is 480. The second kappa shape index (κ2) is 5.02. The van der Waals surface area contributed by atoms with Gasteiger partial charge in [-0.3, -0.25) is 4.79 Å². The Morgan fingerprint density at radius 2 is 2.28 bits per heavy atom. The van der Waals surface area contributed by atoms with Gasteiger partial charge in [-0.1, -0.05) is 24.4 Å². The molecule has 1 heterocycles. The quantitative estimate of drug-likeness (QED) is 0.855. The first kappa shape index (κ1) is 13.0. The maximum atomic E-state index is 11.9. The lowest BCUT2D eigenvalue weighted by Crippen LogP contribution is -2.41. The van der Waals surface area contributed by atoms with Crippen LogP contribution in [0.15, 0.2) is 12.3 Å². The number of hydrogen-bond donors (Lipinski definition) is 2. The Morgan fingerprint density at radius 3 is 2.72 bits per heavy atom. The highest BCUT2D eigenvalue weighted by molar-refractivity contribution is 6.31. The molecule has 6 heteroatoms. The van der Waals surface area contributed by atoms with Crippen molar-refractivity contribution in [1.82, 2.24) is 9.88 Å². The number of carbonyl (C=O) groups is 2. The first-order valence-electron chi connectivity index (χ1n) is 5.83. The van der Waals surface area contributed by atoms with E-state index in [1.807, 2.05) is 0 Å². The SMILES string of the molecule is Cn1cc(Cl)cc1C(=O)NC(CC1CC1)C(=O)O. The first-order chi connectivity index (χ1) is 8.47. The number of nitrogens with zero attached hydrogens (tertiary/aromatic N) is 1. The number of carbonyl (C=O) groups excluding carboxylic acids is 1. The van der Waals surface area contributed by atoms with Crippen LogP contribution in [0.3, 0.4) is 0 Å². The van der Waals surface area contributed by atoms with Crippen molar-refractivity contribution in [1.29, 1.82) is 0 Å². The molecule has 1 fully saturated rings. The van der Waals surface area contributed by atoms with E-state index in [4.69, 9.17) is 16.7 Å². The molecule has 1 unspecified atom stereocenters. The second-order valence-electron chi connectivity index (χ2n) is 4.70. The summed E-state index contributed by atoms with van der Waals surface area (Å²) in [6, 6.07) is 0.700. The number of aryl methyl sites for hydroxylation is 1. The van der Waals surface area contributed by atoms with Crippen molar-refractivity contribution >= 4 is 23.5 Å². The number of amides is 1. The predicted octanol–water partition coefficient (Wildman–Crippen LogP) is 1.66. The summed E-state index contributed by atoms with van der Waals surface area (Å²) in [6.45, 7) is 0. The summed E-state index contributed by atoms with van der Waals surface area (Å²) >= 11 is 5.79. The number of hydrogen-bond acceptors (Lipinski definition) is 2. The number of rotatable bonds is 5. The minimum Gasteiger partial charge on any atom is -0.480 e. The maximum absolute atomic E-state index is 11.9. The predicted molar refractivity (Wildman–Crippen MR) is 66.7 cm³/mol. The average Bonchev–Trinajstić information content (AvgIpc) is 3.02. The van der Waals surface area contributed by atoms with Crippen LogP contribution in [-0.4, -0.2) is 27.6 Å². The fourth-order valence-corrected chi connectivity index (χ4v) is 2.14. The molecule has 0 aromatic carbocycles. The van der Waals surface area contributed by atoms with E-state index in [0.717, 1.165) is 12.8 Å². The van der Waals surface area contributed by atoms with Crippen LogP contribution in [0.25, 0.3) is 0 Å². The van der Waals surface area contributed by atoms with Gasteiger partial charge in [0.15, 0.2) is 0 Å². The molecular formula is C12H15ClN2O3. The Morgan fingerprint density at radius 1 is 1.61 bits per heavy atom. The third kappa shape index (κ3) is 3.04. The average molecular weight is 271 g/mol. The fraction of sp³-hybridized carbons (Fsp3) is 0.500. The normalized spacial score (nSPS) is 16.3. The molecule has 18 heavy (non-hydrogen) atoms. The van der Waals surface area contributed by atoms with Crippen molar-refractivity contribution in [3.05, 3.63) is 23.0 Å². The number of aromatic nitrogens is 1. The van der Waals surface area contributed by atoms with Gasteiger partial charge in [-0.05, 0) is 18.4 Å². The standard InChI is InChI=1S/C12H15ClN2O3/c1-15-6-8(13)5-10(15)11(16)14-9(12(17)18)4-7-2-3-7/h5-7,9H,2-4H2,1H3,(H,14,16)(H,17,18). The van der Waals surface area contributed by atoms with Crippen LogP contribution < -0.4 is 5.32 Å². The molecule has 2 rings (SSSR count). The highest BCUT2D eigenvalue weighted by Gasteiger charge is 2.30. The van der Waals surface area contributed by atoms with E-state index in [-0.39, 0.29) is 0 Å². The van der Waals surface area contributed by atoms with Gasteiger partial charge in [0.25, 0.3) is 5.91 Å². The Kier molecular flexibility index (Phi) is 3.61. The lowest BCUT2D eigenvalue weighted by molar-refractivity contribution is -0.139. The lowest BCUT2D eigenvalue weighted by Gasteiger charge is -2.14. The summed E-state index contributed by atoms with van der Waals surface area (Å²) in [5, 5.41) is 12.1. The molecule has 1 amide bonds. The van der Waals surface area contributed by atoms with Crippen LogP contribution in [0, 0.1) is 5.92 Å². The Hall–Kier alpha value is -1.49. The summed E-state index contributed by atoms with van der Waals surface area (Å²) in [7, 11) is 1.69. The highest BCUT2D eigenvalue weighted by Crippen LogP contribution is 2.33. The first-order valence-corrected chi connectivity index (χ1v) is 6.20. The zero-order valence-electron chi connectivity index (χ0n) is 10.0. The van der Waals surface area contributed by atoms with Crippen molar-refractivity contribution in [3.8, 4) is 0 Å². The van der Waals surface area contributed by atoms with Gasteiger partial charge in [0.05, 0.1) is 5.02 Å². The lowest BCUT2D eigenvalue weighted by atomic mass is 10.1. The molecule has 5 nitrogen and oxygen atoms in total. The fourth-order valence-electron chi connectivity index (χ4n) is 1.89. The third-order valence-corrected chi connectivity index (χ3v) is 3.28. The van der Waals surface area contributed by atoms with E-state index in [9.17, 15) is 9.59 Å². The minimum absolute atomic E-state index is 0.363. The van der Waals surface area contributed by atoms with Gasteiger partial charge in [0.2, 0.25) is 0 Å². The molecule has 1 aliphatic carbocycles. The summed E-state index contributed by atoms with van der Waals surface area (Å²) in [6.07, 6.45) is 4.21. The number of nitrogens with one attached hydrogen (secondary N) is 1. The zero-order chi connectivity index (χ0) is 13.3. The molecule has 1 aliphatic rings. The van der Waals surface area contributed by atoms with Gasteiger partial charge in [-0.25, -0.2) is 4.79 Å². The van der Waals surface area contributed by atoms with Gasteiger partial charge in [0, 0.05) is 13.2 Å². The van der Waals surface area contributed by atoms with Gasteiger partial charge >= 0.3 is 5.97 Å². The van der Waals surface area contributed by atoms with Crippen molar-refractivity contribution in [2.75, 3.05) is 0 Å². The second-order valence-corrected chi connectivity index (χ2v) is 5.13. The number of halogens is 1. The van der Waals surface area contributed by atoms with E-state index in [1.165, 1.54) is 6.07 Å². The molecule has 0 bridgehead atoms. The van der Waals surface area contributed by atoms with Crippen LogP contribution in [0.1, 0.15) is 29.8 Å². The molecule has 0 spiro atoms. The van der Waals surface area contributed by atoms with E-state index < -0.39 is 17.9 Å². The molecule has 2 N–H and O–H groups in total. The molecule has 1 atom stereocenters. The van der Waals surface area contributed by atoms with Crippen LogP contribution in [-0.2, 0) is 11.8 Å². The van der Waals surface area contributed by atoms with Crippen LogP contribution in [0.4, 0.5) is 0 Å². The van der Waals surface area contributed by atoms with Crippen molar-refractivity contribution in [2.45, 2.75) is 25.3 Å². The number of aliphatic carboxylic acids is 1. The van der Waals surface area contributed by atoms with Gasteiger partial charge in [-0.2, -0.15) is 0 Å². The summed E-state index contributed by atoms with van der Waals surface area (Å²) in [5.74, 6) is -0.962. The molecule has 1 aromatic rings. The summed E-state index contributed by atoms with van der Waals surface area (Å²) < 4.78 is 1.58. The Labute approximate surface area is 110 Å². The summed E-state index contributed by atoms with van der Waals surface area (Å²) in [4.78, 5) is 23.0. The molecule has 98 valence electrons.